The van der Waals surface area contributed by atoms with Crippen molar-refractivity contribution in [2.75, 3.05) is 0 Å². The molecule has 2 rings (SSSR count). The minimum atomic E-state index is 0.0229. The number of hydrogen-bond acceptors (Lipinski definition) is 1. The highest BCUT2D eigenvalue weighted by Crippen LogP contribution is 2.25. The summed E-state index contributed by atoms with van der Waals surface area (Å²) in [7, 11) is 0. The molecule has 0 aromatic rings. The second kappa shape index (κ2) is 2.01. The van der Waals surface area contributed by atoms with E-state index in [1.807, 2.05) is 0 Å². The maximum Gasteiger partial charge on any atom is 0.269 e. The van der Waals surface area contributed by atoms with Crippen LogP contribution in [0.5, 0.6) is 0 Å². The molecular weight excluding hydrogens is 128 g/mol. The van der Waals surface area contributed by atoms with Crippen molar-refractivity contribution < 1.29 is 4.79 Å². The summed E-state index contributed by atoms with van der Waals surface area (Å²) in [6.07, 6.45) is 4.22. The van der Waals surface area contributed by atoms with Crippen LogP contribution < -0.4 is 10.9 Å². The zero-order valence-corrected chi connectivity index (χ0v) is 5.68. The summed E-state index contributed by atoms with van der Waals surface area (Å²) in [5.74, 6) is 0.0229. The maximum atomic E-state index is 10.9. The summed E-state index contributed by atoms with van der Waals surface area (Å²) in [5.41, 5.74) is 8.31. The number of hydrogen-bond donors (Lipinski definition) is 1. The van der Waals surface area contributed by atoms with Crippen LogP contribution in [0, 0.1) is 0 Å². The smallest absolute Gasteiger partial charge is 0.268 e. The molecule has 1 aliphatic heterocycles. The van der Waals surface area contributed by atoms with Gasteiger partial charge in [-0.15, -0.1) is 0 Å². The molecule has 0 aromatic heterocycles. The summed E-state index contributed by atoms with van der Waals surface area (Å²) in [6, 6.07) is 0. The lowest BCUT2D eigenvalue weighted by atomic mass is 9.97. The first kappa shape index (κ1) is 5.77. The molecule has 3 heteroatoms. The second-order valence-corrected chi connectivity index (χ2v) is 2.69. The van der Waals surface area contributed by atoms with E-state index in [0.717, 1.165) is 30.5 Å². The van der Waals surface area contributed by atoms with Crippen molar-refractivity contribution in [3.8, 4) is 0 Å². The molecule has 1 heterocycles. The van der Waals surface area contributed by atoms with Crippen molar-refractivity contribution in [2.45, 2.75) is 25.7 Å². The van der Waals surface area contributed by atoms with Crippen LogP contribution >= 0.6 is 0 Å². The zero-order valence-electron chi connectivity index (χ0n) is 5.68. The van der Waals surface area contributed by atoms with E-state index in [1.54, 1.807) is 0 Å². The molecule has 0 unspecified atom stereocenters. The van der Waals surface area contributed by atoms with Gasteiger partial charge in [-0.2, -0.15) is 5.43 Å². The lowest BCUT2D eigenvalue weighted by molar-refractivity contribution is -0.117. The minimum absolute atomic E-state index is 0.0229. The molecule has 1 N–H and O–H groups in total. The van der Waals surface area contributed by atoms with E-state index < -0.39 is 0 Å². The predicted octanol–water partition coefficient (Wildman–Crippen LogP) is 0.464. The molecule has 2 aliphatic rings. The standard InChI is InChI=1S/C7H9N2O/c10-7-5-3-1-2-4-6(5)8-9-7/h1-4H2,(H,9,10). The Labute approximate surface area is 59.5 Å². The Balaban J connectivity index is 2.29. The molecule has 0 fully saturated rings. The Hall–Kier alpha value is -0.990. The topological polar surface area (TPSA) is 43.2 Å². The fourth-order valence-corrected chi connectivity index (χ4v) is 1.44. The molecule has 0 bridgehead atoms. The summed E-state index contributed by atoms with van der Waals surface area (Å²) >= 11 is 0. The largest absolute Gasteiger partial charge is 0.269 e. The number of nitrogens with one attached hydrogen (secondary N) is 1. The molecule has 53 valence electrons. The van der Waals surface area contributed by atoms with Gasteiger partial charge in [-0.3, -0.25) is 4.79 Å². The molecule has 0 spiro atoms. The van der Waals surface area contributed by atoms with Gasteiger partial charge in [0.2, 0.25) is 0 Å². The molecule has 0 aromatic carbocycles. The van der Waals surface area contributed by atoms with E-state index in [0.29, 0.717) is 0 Å². The van der Waals surface area contributed by atoms with E-state index in [-0.39, 0.29) is 5.91 Å². The van der Waals surface area contributed by atoms with E-state index in [9.17, 15) is 4.79 Å². The van der Waals surface area contributed by atoms with Crippen molar-refractivity contribution in [1.82, 2.24) is 10.9 Å². The first-order valence-corrected chi connectivity index (χ1v) is 3.61. The lowest BCUT2D eigenvalue weighted by Gasteiger charge is -2.08. The van der Waals surface area contributed by atoms with Gasteiger partial charge in [0, 0.05) is 5.57 Å². The third-order valence-corrected chi connectivity index (χ3v) is 2.01. The van der Waals surface area contributed by atoms with Crippen molar-refractivity contribution in [3.63, 3.8) is 0 Å². The average Bonchev–Trinajstić information content (AvgIpc) is 2.34. The van der Waals surface area contributed by atoms with Gasteiger partial charge in [0.25, 0.3) is 5.91 Å². The summed E-state index contributed by atoms with van der Waals surface area (Å²) in [5, 5.41) is 0. The van der Waals surface area contributed by atoms with Gasteiger partial charge in [-0.05, 0) is 25.7 Å². The summed E-state index contributed by atoms with van der Waals surface area (Å²) in [4.78, 5) is 10.9. The van der Waals surface area contributed by atoms with Crippen LogP contribution in [0.25, 0.3) is 0 Å². The Bertz CT molecular complexity index is 208. The van der Waals surface area contributed by atoms with Crippen LogP contribution in [-0.4, -0.2) is 5.91 Å². The zero-order chi connectivity index (χ0) is 6.97. The fraction of sp³-hybridized carbons (Fsp3) is 0.571. The fourth-order valence-electron chi connectivity index (χ4n) is 1.44. The van der Waals surface area contributed by atoms with Crippen molar-refractivity contribution in [3.05, 3.63) is 11.3 Å². The van der Waals surface area contributed by atoms with Crippen LogP contribution in [0.4, 0.5) is 0 Å². The molecular formula is C7H9N2O. The molecule has 1 aliphatic carbocycles. The van der Waals surface area contributed by atoms with Gasteiger partial charge >= 0.3 is 0 Å². The quantitative estimate of drug-likeness (QED) is 0.518. The highest BCUT2D eigenvalue weighted by atomic mass is 16.2. The van der Waals surface area contributed by atoms with Gasteiger partial charge < -0.3 is 0 Å². The maximum absolute atomic E-state index is 10.9. The van der Waals surface area contributed by atoms with Gasteiger partial charge in [-0.1, -0.05) is 0 Å². The third kappa shape index (κ3) is 0.701. The monoisotopic (exact) mass is 137 g/mol. The van der Waals surface area contributed by atoms with E-state index >= 15 is 0 Å². The Kier molecular flexibility index (Phi) is 1.16. The van der Waals surface area contributed by atoms with Crippen molar-refractivity contribution in [1.29, 1.82) is 0 Å². The summed E-state index contributed by atoms with van der Waals surface area (Å²) in [6.45, 7) is 0. The third-order valence-electron chi connectivity index (χ3n) is 2.01. The minimum Gasteiger partial charge on any atom is -0.268 e. The van der Waals surface area contributed by atoms with Crippen molar-refractivity contribution >= 4 is 5.91 Å². The summed E-state index contributed by atoms with van der Waals surface area (Å²) < 4.78 is 0. The predicted molar refractivity (Wildman–Crippen MR) is 35.8 cm³/mol. The van der Waals surface area contributed by atoms with E-state index in [4.69, 9.17) is 0 Å². The number of carbonyl (C=O) groups excluding carboxylic acids is 1. The van der Waals surface area contributed by atoms with Crippen LogP contribution in [0.3, 0.4) is 0 Å². The lowest BCUT2D eigenvalue weighted by Crippen LogP contribution is -2.21. The molecule has 0 saturated heterocycles. The Morgan fingerprint density at radius 3 is 2.90 bits per heavy atom. The van der Waals surface area contributed by atoms with Crippen LogP contribution in [0.2, 0.25) is 0 Å². The molecule has 0 atom stereocenters. The van der Waals surface area contributed by atoms with Gasteiger partial charge in [0.05, 0.1) is 5.70 Å². The van der Waals surface area contributed by atoms with Gasteiger partial charge in [0.1, 0.15) is 0 Å². The van der Waals surface area contributed by atoms with Crippen LogP contribution in [-0.2, 0) is 4.79 Å². The number of carbonyl (C=O) groups is 1. The number of nitrogens with zero attached hydrogens (tertiary/aromatic N) is 1. The normalized spacial score (nSPS) is 23.8. The number of allylic oxidation sites excluding steroid dienone is 1. The highest BCUT2D eigenvalue weighted by molar-refractivity contribution is 5.96. The molecule has 10 heavy (non-hydrogen) atoms. The van der Waals surface area contributed by atoms with E-state index in [1.165, 1.54) is 6.42 Å². The van der Waals surface area contributed by atoms with Gasteiger partial charge in [0.15, 0.2) is 0 Å². The Morgan fingerprint density at radius 1 is 1.30 bits per heavy atom. The first-order chi connectivity index (χ1) is 4.88. The van der Waals surface area contributed by atoms with Gasteiger partial charge in [-0.25, -0.2) is 5.43 Å². The molecule has 0 saturated carbocycles. The van der Waals surface area contributed by atoms with E-state index in [2.05, 4.69) is 10.9 Å². The number of rotatable bonds is 0. The molecule has 3 nitrogen and oxygen atoms in total. The molecule has 1 radical (unpaired) electrons. The molecule has 1 amide bonds. The SMILES string of the molecule is O=C1N[N]C2=C1CCCC2. The van der Waals surface area contributed by atoms with Crippen LogP contribution in [0.1, 0.15) is 25.7 Å². The average molecular weight is 137 g/mol. The van der Waals surface area contributed by atoms with Crippen molar-refractivity contribution in [2.24, 2.45) is 0 Å². The second-order valence-electron chi connectivity index (χ2n) is 2.69. The highest BCUT2D eigenvalue weighted by Gasteiger charge is 2.25. The first-order valence-electron chi connectivity index (χ1n) is 3.61. The van der Waals surface area contributed by atoms with Crippen LogP contribution in [0.15, 0.2) is 11.3 Å². The number of amides is 1. The Morgan fingerprint density at radius 2 is 2.10 bits per heavy atom.